The van der Waals surface area contributed by atoms with Crippen molar-refractivity contribution in [2.45, 2.75) is 6.92 Å². The molecule has 1 rings (SSSR count). The Morgan fingerprint density at radius 3 is 2.69 bits per heavy atom. The first-order valence-corrected chi connectivity index (χ1v) is 4.32. The van der Waals surface area contributed by atoms with Gasteiger partial charge in [0.1, 0.15) is 18.2 Å². The fraction of sp³-hybridized carbons (Fsp3) is 0.300. The van der Waals surface area contributed by atoms with E-state index in [1.165, 1.54) is 6.08 Å². The van der Waals surface area contributed by atoms with E-state index in [2.05, 4.69) is 4.98 Å². The van der Waals surface area contributed by atoms with Crippen molar-refractivity contribution in [3.63, 3.8) is 0 Å². The summed E-state index contributed by atoms with van der Waals surface area (Å²) in [4.78, 5) is 4.01. The normalized spacial score (nSPS) is 10.1. The summed E-state index contributed by atoms with van der Waals surface area (Å²) in [6, 6.07) is 3.55. The van der Waals surface area contributed by atoms with Crippen molar-refractivity contribution in [3.8, 4) is 5.75 Å². The Balaban J connectivity index is 0. The van der Waals surface area contributed by atoms with Crippen LogP contribution in [0.1, 0.15) is 5.69 Å². The maximum Gasteiger partial charge on any atom is 0.139 e. The zero-order chi connectivity index (χ0) is 10.4. The molecule has 1 aromatic heterocycles. The standard InChI is InChI=1S/C10H13FN2O.2ClH/c1-8-2-3-10(6-13-8)14-7-9(11)4-5-12;;/h2-4,6H,5,7,12H2,1H3;2*1H. The SMILES string of the molecule is Cc1ccc(OCC(F)=CCN)cn1.Cl.Cl. The maximum absolute atomic E-state index is 12.8. The van der Waals surface area contributed by atoms with Crippen molar-refractivity contribution in [2.75, 3.05) is 13.2 Å². The first-order chi connectivity index (χ1) is 6.72. The van der Waals surface area contributed by atoms with E-state index in [4.69, 9.17) is 10.5 Å². The molecule has 0 aliphatic heterocycles. The topological polar surface area (TPSA) is 48.1 Å². The van der Waals surface area contributed by atoms with E-state index in [0.717, 1.165) is 5.69 Å². The van der Waals surface area contributed by atoms with Crippen LogP contribution in [0.2, 0.25) is 0 Å². The van der Waals surface area contributed by atoms with Gasteiger partial charge in [-0.05, 0) is 25.1 Å². The van der Waals surface area contributed by atoms with Crippen LogP contribution in [0.5, 0.6) is 5.75 Å². The van der Waals surface area contributed by atoms with Crippen molar-refractivity contribution in [1.29, 1.82) is 0 Å². The smallest absolute Gasteiger partial charge is 0.139 e. The summed E-state index contributed by atoms with van der Waals surface area (Å²) in [5, 5.41) is 0. The third-order valence-corrected chi connectivity index (χ3v) is 1.60. The van der Waals surface area contributed by atoms with Gasteiger partial charge in [-0.15, -0.1) is 24.8 Å². The Hall–Kier alpha value is -0.840. The second kappa shape index (κ2) is 9.39. The van der Waals surface area contributed by atoms with Crippen LogP contribution < -0.4 is 10.5 Å². The van der Waals surface area contributed by atoms with Gasteiger partial charge in [-0.3, -0.25) is 4.98 Å². The molecule has 0 saturated heterocycles. The zero-order valence-electron chi connectivity index (χ0n) is 8.85. The van der Waals surface area contributed by atoms with Gasteiger partial charge >= 0.3 is 0 Å². The molecule has 0 unspecified atom stereocenters. The predicted molar refractivity (Wildman–Crippen MR) is 67.2 cm³/mol. The van der Waals surface area contributed by atoms with Gasteiger partial charge in [0.2, 0.25) is 0 Å². The van der Waals surface area contributed by atoms with Gasteiger partial charge in [-0.1, -0.05) is 0 Å². The Labute approximate surface area is 107 Å². The molecule has 2 N–H and O–H groups in total. The lowest BCUT2D eigenvalue weighted by molar-refractivity contribution is 0.317. The summed E-state index contributed by atoms with van der Waals surface area (Å²) in [6.07, 6.45) is 2.84. The third-order valence-electron chi connectivity index (χ3n) is 1.60. The molecule has 0 aliphatic carbocycles. The molecule has 0 amide bonds. The Bertz CT molecular complexity index is 317. The van der Waals surface area contributed by atoms with Crippen LogP contribution in [-0.2, 0) is 0 Å². The minimum absolute atomic E-state index is 0. The molecule has 1 heterocycles. The average molecular weight is 269 g/mol. The lowest BCUT2D eigenvalue weighted by atomic mass is 10.4. The van der Waals surface area contributed by atoms with Crippen LogP contribution in [0.3, 0.4) is 0 Å². The summed E-state index contributed by atoms with van der Waals surface area (Å²) in [7, 11) is 0. The van der Waals surface area contributed by atoms with Gasteiger partial charge in [0.25, 0.3) is 0 Å². The number of nitrogens with two attached hydrogens (primary N) is 1. The quantitative estimate of drug-likeness (QED) is 0.913. The van der Waals surface area contributed by atoms with E-state index < -0.39 is 0 Å². The number of aryl methyl sites for hydroxylation is 1. The Kier molecular flexibility index (Phi) is 10.3. The molecule has 0 atom stereocenters. The molecule has 0 saturated carbocycles. The summed E-state index contributed by atoms with van der Waals surface area (Å²) in [6.45, 7) is 1.96. The van der Waals surface area contributed by atoms with E-state index in [0.29, 0.717) is 5.75 Å². The number of nitrogens with zero attached hydrogens (tertiary/aromatic N) is 1. The number of pyridine rings is 1. The summed E-state index contributed by atoms with van der Waals surface area (Å²) in [5.41, 5.74) is 6.03. The van der Waals surface area contributed by atoms with Crippen molar-refractivity contribution >= 4 is 24.8 Å². The lowest BCUT2D eigenvalue weighted by Gasteiger charge is -2.03. The maximum atomic E-state index is 12.8. The van der Waals surface area contributed by atoms with Crippen LogP contribution >= 0.6 is 24.8 Å². The number of hydrogen-bond acceptors (Lipinski definition) is 3. The van der Waals surface area contributed by atoms with Crippen molar-refractivity contribution < 1.29 is 9.13 Å². The molecule has 6 heteroatoms. The van der Waals surface area contributed by atoms with Gasteiger partial charge in [0.15, 0.2) is 0 Å². The van der Waals surface area contributed by atoms with E-state index in [-0.39, 0.29) is 43.8 Å². The summed E-state index contributed by atoms with van der Waals surface area (Å²) in [5.74, 6) is 0.184. The van der Waals surface area contributed by atoms with Crippen LogP contribution in [0.4, 0.5) is 4.39 Å². The average Bonchev–Trinajstić information content (AvgIpc) is 2.17. The molecule has 0 spiro atoms. The molecular weight excluding hydrogens is 254 g/mol. The monoisotopic (exact) mass is 268 g/mol. The predicted octanol–water partition coefficient (Wildman–Crippen LogP) is 2.42. The third kappa shape index (κ3) is 6.61. The van der Waals surface area contributed by atoms with Crippen LogP contribution in [0.15, 0.2) is 30.2 Å². The molecule has 92 valence electrons. The molecule has 3 nitrogen and oxygen atoms in total. The van der Waals surface area contributed by atoms with Crippen LogP contribution in [-0.4, -0.2) is 18.1 Å². The van der Waals surface area contributed by atoms with E-state index in [1.54, 1.807) is 18.3 Å². The minimum Gasteiger partial charge on any atom is -0.485 e. The van der Waals surface area contributed by atoms with Gasteiger partial charge in [0.05, 0.1) is 6.20 Å². The number of halogens is 3. The van der Waals surface area contributed by atoms with Crippen molar-refractivity contribution in [2.24, 2.45) is 5.73 Å². The molecule has 16 heavy (non-hydrogen) atoms. The first-order valence-electron chi connectivity index (χ1n) is 4.32. The number of aromatic nitrogens is 1. The van der Waals surface area contributed by atoms with Crippen LogP contribution in [0, 0.1) is 6.92 Å². The number of hydrogen-bond donors (Lipinski definition) is 1. The zero-order valence-corrected chi connectivity index (χ0v) is 10.5. The largest absolute Gasteiger partial charge is 0.485 e. The second-order valence-corrected chi connectivity index (χ2v) is 2.81. The van der Waals surface area contributed by atoms with Gasteiger partial charge < -0.3 is 10.5 Å². The summed E-state index contributed by atoms with van der Waals surface area (Å²) >= 11 is 0. The molecule has 1 aromatic rings. The van der Waals surface area contributed by atoms with E-state index in [1.807, 2.05) is 6.92 Å². The molecule has 0 fully saturated rings. The van der Waals surface area contributed by atoms with E-state index in [9.17, 15) is 4.39 Å². The number of rotatable bonds is 4. The Morgan fingerprint density at radius 1 is 1.50 bits per heavy atom. The van der Waals surface area contributed by atoms with Crippen molar-refractivity contribution in [3.05, 3.63) is 35.9 Å². The molecule has 0 aliphatic rings. The highest BCUT2D eigenvalue weighted by atomic mass is 35.5. The second-order valence-electron chi connectivity index (χ2n) is 2.81. The van der Waals surface area contributed by atoms with Gasteiger partial charge in [-0.25, -0.2) is 4.39 Å². The highest BCUT2D eigenvalue weighted by Crippen LogP contribution is 2.10. The van der Waals surface area contributed by atoms with Gasteiger partial charge in [0, 0.05) is 12.2 Å². The highest BCUT2D eigenvalue weighted by molar-refractivity contribution is 5.85. The van der Waals surface area contributed by atoms with E-state index >= 15 is 0 Å². The van der Waals surface area contributed by atoms with Crippen molar-refractivity contribution in [1.82, 2.24) is 4.98 Å². The Morgan fingerprint density at radius 2 is 2.19 bits per heavy atom. The minimum atomic E-state index is -0.368. The fourth-order valence-corrected chi connectivity index (χ4v) is 0.879. The fourth-order valence-electron chi connectivity index (χ4n) is 0.879. The molecular formula is C10H15Cl2FN2O. The number of ether oxygens (including phenoxy) is 1. The molecule has 0 radical (unpaired) electrons. The summed E-state index contributed by atoms with van der Waals surface area (Å²) < 4.78 is 17.9. The lowest BCUT2D eigenvalue weighted by Crippen LogP contribution is -2.01. The van der Waals surface area contributed by atoms with Gasteiger partial charge in [-0.2, -0.15) is 0 Å². The molecule has 0 aromatic carbocycles. The molecule has 0 bridgehead atoms. The highest BCUT2D eigenvalue weighted by Gasteiger charge is 1.97. The first kappa shape index (κ1) is 17.6. The van der Waals surface area contributed by atoms with Crippen LogP contribution in [0.25, 0.3) is 0 Å².